The quantitative estimate of drug-likeness (QED) is 0.396. The van der Waals surface area contributed by atoms with E-state index in [0.29, 0.717) is 16.7 Å². The fraction of sp³-hybridized carbons (Fsp3) is 0.263. The number of hydrogen-bond donors (Lipinski definition) is 4. The average Bonchev–Trinajstić information content (AvgIpc) is 3.14. The summed E-state index contributed by atoms with van der Waals surface area (Å²) in [5.74, 6) is 0.154. The molecule has 1 aromatic heterocycles. The van der Waals surface area contributed by atoms with E-state index in [1.54, 1.807) is 18.2 Å². The zero-order valence-corrected chi connectivity index (χ0v) is 17.2. The molecule has 1 unspecified atom stereocenters. The standard InChI is InChI=1S/C19H22N4O6S/c1-3-12(11-24)20-13-4-7-15(8-5-13)30(27,28)29-14-6-9-16-17(10-14)22-18(21-16)23(2)19(25)26/h4-10,12,20,24H,3,11H2,1-2H3,(H,21,22)(H,25,26). The Morgan fingerprint density at radius 1 is 1.27 bits per heavy atom. The third-order valence-corrected chi connectivity index (χ3v) is 5.74. The van der Waals surface area contributed by atoms with Crippen molar-refractivity contribution in [3.8, 4) is 5.75 Å². The minimum Gasteiger partial charge on any atom is -0.465 e. The maximum Gasteiger partial charge on any atom is 0.413 e. The van der Waals surface area contributed by atoms with E-state index in [-0.39, 0.29) is 29.2 Å². The van der Waals surface area contributed by atoms with Gasteiger partial charge in [-0.25, -0.2) is 9.78 Å². The number of aromatic nitrogens is 2. The van der Waals surface area contributed by atoms with Crippen LogP contribution in [0.25, 0.3) is 11.0 Å². The number of carbonyl (C=O) groups is 1. The van der Waals surface area contributed by atoms with Crippen LogP contribution in [0, 0.1) is 0 Å². The second-order valence-electron chi connectivity index (χ2n) is 6.57. The number of aromatic amines is 1. The monoisotopic (exact) mass is 434 g/mol. The van der Waals surface area contributed by atoms with E-state index in [1.807, 2.05) is 6.92 Å². The number of aliphatic hydroxyl groups excluding tert-OH is 1. The van der Waals surface area contributed by atoms with Crippen molar-refractivity contribution in [1.29, 1.82) is 0 Å². The van der Waals surface area contributed by atoms with Crippen molar-refractivity contribution in [2.75, 3.05) is 23.9 Å². The first-order chi connectivity index (χ1) is 14.2. The maximum atomic E-state index is 12.6. The second-order valence-corrected chi connectivity index (χ2v) is 8.12. The number of carboxylic acid groups (broad SMARTS) is 1. The molecule has 0 radical (unpaired) electrons. The van der Waals surface area contributed by atoms with Gasteiger partial charge in [-0.3, -0.25) is 4.90 Å². The number of aliphatic hydroxyl groups is 1. The Labute approximate surface area is 173 Å². The summed E-state index contributed by atoms with van der Waals surface area (Å²) >= 11 is 0. The molecule has 2 aromatic carbocycles. The van der Waals surface area contributed by atoms with Gasteiger partial charge in [-0.05, 0) is 42.8 Å². The lowest BCUT2D eigenvalue weighted by Gasteiger charge is -2.15. The lowest BCUT2D eigenvalue weighted by Crippen LogP contribution is -2.24. The molecule has 0 spiro atoms. The van der Waals surface area contributed by atoms with Crippen LogP contribution in [0.4, 0.5) is 16.4 Å². The predicted octanol–water partition coefficient (Wildman–Crippen LogP) is 2.63. The van der Waals surface area contributed by atoms with Gasteiger partial charge in [0.2, 0.25) is 5.95 Å². The summed E-state index contributed by atoms with van der Waals surface area (Å²) in [7, 11) is -2.74. The van der Waals surface area contributed by atoms with Crippen LogP contribution >= 0.6 is 0 Å². The zero-order chi connectivity index (χ0) is 21.9. The summed E-state index contributed by atoms with van der Waals surface area (Å²) in [6.07, 6.45) is -0.463. The molecule has 1 heterocycles. The largest absolute Gasteiger partial charge is 0.465 e. The number of fused-ring (bicyclic) bond motifs is 1. The van der Waals surface area contributed by atoms with E-state index >= 15 is 0 Å². The van der Waals surface area contributed by atoms with Crippen molar-refractivity contribution in [1.82, 2.24) is 9.97 Å². The van der Waals surface area contributed by atoms with Gasteiger partial charge in [0, 0.05) is 24.8 Å². The van der Waals surface area contributed by atoms with Crippen molar-refractivity contribution < 1.29 is 27.6 Å². The van der Waals surface area contributed by atoms with Gasteiger partial charge in [0.1, 0.15) is 10.6 Å². The molecule has 0 aliphatic heterocycles. The fourth-order valence-corrected chi connectivity index (χ4v) is 3.60. The minimum absolute atomic E-state index is 0.0285. The smallest absolute Gasteiger partial charge is 0.413 e. The molecule has 3 rings (SSSR count). The van der Waals surface area contributed by atoms with E-state index in [1.165, 1.54) is 31.3 Å². The Morgan fingerprint density at radius 3 is 2.57 bits per heavy atom. The summed E-state index contributed by atoms with van der Waals surface area (Å²) in [5, 5.41) is 21.4. The number of amides is 1. The van der Waals surface area contributed by atoms with Crippen LogP contribution in [0.1, 0.15) is 13.3 Å². The number of imidazole rings is 1. The molecule has 4 N–H and O–H groups in total. The Kier molecular flexibility index (Phi) is 6.13. The van der Waals surface area contributed by atoms with Crippen LogP contribution in [0.5, 0.6) is 5.75 Å². The molecule has 10 nitrogen and oxygen atoms in total. The topological polar surface area (TPSA) is 145 Å². The predicted molar refractivity (Wildman–Crippen MR) is 112 cm³/mol. The van der Waals surface area contributed by atoms with Crippen molar-refractivity contribution >= 4 is 38.9 Å². The van der Waals surface area contributed by atoms with Gasteiger partial charge in [0.25, 0.3) is 0 Å². The highest BCUT2D eigenvalue weighted by Crippen LogP contribution is 2.25. The van der Waals surface area contributed by atoms with Crippen LogP contribution in [0.15, 0.2) is 47.4 Å². The molecule has 0 aliphatic rings. The number of nitrogens with one attached hydrogen (secondary N) is 2. The molecule has 0 aliphatic carbocycles. The molecule has 1 atom stereocenters. The molecule has 160 valence electrons. The summed E-state index contributed by atoms with van der Waals surface area (Å²) in [4.78, 5) is 18.9. The Balaban J connectivity index is 1.79. The Hall–Kier alpha value is -3.31. The summed E-state index contributed by atoms with van der Waals surface area (Å²) in [5.41, 5.74) is 1.58. The normalized spacial score (nSPS) is 12.5. The molecule has 1 amide bonds. The van der Waals surface area contributed by atoms with Gasteiger partial charge in [-0.2, -0.15) is 8.42 Å². The summed E-state index contributed by atoms with van der Waals surface area (Å²) in [6, 6.07) is 10.3. The third-order valence-electron chi connectivity index (χ3n) is 4.48. The molecule has 0 saturated carbocycles. The zero-order valence-electron chi connectivity index (χ0n) is 16.4. The maximum absolute atomic E-state index is 12.6. The van der Waals surface area contributed by atoms with E-state index in [4.69, 9.17) is 9.29 Å². The van der Waals surface area contributed by atoms with Crippen molar-refractivity contribution in [3.63, 3.8) is 0 Å². The molecule has 11 heteroatoms. The highest BCUT2D eigenvalue weighted by atomic mass is 32.2. The molecular weight excluding hydrogens is 412 g/mol. The van der Waals surface area contributed by atoms with Crippen LogP contribution in [0.2, 0.25) is 0 Å². The van der Waals surface area contributed by atoms with Crippen molar-refractivity contribution in [3.05, 3.63) is 42.5 Å². The van der Waals surface area contributed by atoms with Gasteiger partial charge >= 0.3 is 16.2 Å². The van der Waals surface area contributed by atoms with Gasteiger partial charge in [-0.15, -0.1) is 0 Å². The minimum atomic E-state index is -4.08. The van der Waals surface area contributed by atoms with E-state index in [0.717, 1.165) is 11.3 Å². The molecule has 0 fully saturated rings. The highest BCUT2D eigenvalue weighted by molar-refractivity contribution is 7.87. The third kappa shape index (κ3) is 4.63. The number of rotatable bonds is 8. The average molecular weight is 434 g/mol. The highest BCUT2D eigenvalue weighted by Gasteiger charge is 2.19. The second kappa shape index (κ2) is 8.59. The van der Waals surface area contributed by atoms with Gasteiger partial charge in [0.15, 0.2) is 0 Å². The molecular formula is C19H22N4O6S. The van der Waals surface area contributed by atoms with Crippen molar-refractivity contribution in [2.24, 2.45) is 0 Å². The van der Waals surface area contributed by atoms with Crippen LogP contribution < -0.4 is 14.4 Å². The Bertz CT molecular complexity index is 1140. The van der Waals surface area contributed by atoms with Crippen LogP contribution in [-0.2, 0) is 10.1 Å². The van der Waals surface area contributed by atoms with Crippen LogP contribution in [-0.4, -0.2) is 54.4 Å². The SMILES string of the molecule is CCC(CO)Nc1ccc(S(=O)(=O)Oc2ccc3[nH]c(N(C)C(=O)O)nc3c2)cc1. The Morgan fingerprint density at radius 2 is 1.97 bits per heavy atom. The van der Waals surface area contributed by atoms with Crippen molar-refractivity contribution in [2.45, 2.75) is 24.3 Å². The lowest BCUT2D eigenvalue weighted by molar-refractivity contribution is 0.203. The fourth-order valence-electron chi connectivity index (χ4n) is 2.68. The van der Waals surface area contributed by atoms with Gasteiger partial charge in [0.05, 0.1) is 17.6 Å². The molecule has 0 bridgehead atoms. The molecule has 30 heavy (non-hydrogen) atoms. The number of H-pyrrole nitrogens is 1. The van der Waals surface area contributed by atoms with E-state index < -0.39 is 16.2 Å². The number of nitrogens with zero attached hydrogens (tertiary/aromatic N) is 2. The number of benzene rings is 2. The first-order valence-corrected chi connectivity index (χ1v) is 10.5. The number of anilines is 2. The summed E-state index contributed by atoms with van der Waals surface area (Å²) < 4.78 is 30.4. The summed E-state index contributed by atoms with van der Waals surface area (Å²) in [6.45, 7) is 1.90. The lowest BCUT2D eigenvalue weighted by atomic mass is 10.2. The first-order valence-electron chi connectivity index (χ1n) is 9.12. The van der Waals surface area contributed by atoms with E-state index in [9.17, 15) is 18.3 Å². The molecule has 3 aromatic rings. The van der Waals surface area contributed by atoms with Gasteiger partial charge in [-0.1, -0.05) is 6.92 Å². The van der Waals surface area contributed by atoms with E-state index in [2.05, 4.69) is 15.3 Å². The van der Waals surface area contributed by atoms with Crippen LogP contribution in [0.3, 0.4) is 0 Å². The van der Waals surface area contributed by atoms with Gasteiger partial charge < -0.3 is 24.7 Å². The first kappa shape index (κ1) is 21.4. The number of hydrogen-bond acceptors (Lipinski definition) is 7. The molecule has 0 saturated heterocycles.